The molecule has 0 N–H and O–H groups in total. The van der Waals surface area contributed by atoms with Crippen LogP contribution in [0, 0.1) is 5.41 Å². The molecule has 2 heteroatoms. The quantitative estimate of drug-likeness (QED) is 0.717. The van der Waals surface area contributed by atoms with Crippen molar-refractivity contribution in [2.45, 2.75) is 66.0 Å². The Labute approximate surface area is 101 Å². The summed E-state index contributed by atoms with van der Waals surface area (Å²) in [6, 6.07) is 0. The van der Waals surface area contributed by atoms with E-state index >= 15 is 0 Å². The van der Waals surface area contributed by atoms with Crippen LogP contribution in [0.15, 0.2) is 0 Å². The van der Waals surface area contributed by atoms with Crippen LogP contribution in [0.3, 0.4) is 0 Å². The number of ether oxygens (including phenoxy) is 1. The summed E-state index contributed by atoms with van der Waals surface area (Å²) < 4.78 is 5.86. The highest BCUT2D eigenvalue weighted by atomic mass is 16.5. The molecule has 1 fully saturated rings. The average Bonchev–Trinajstić information content (AvgIpc) is 2.13. The topological polar surface area (TPSA) is 12.5 Å². The lowest BCUT2D eigenvalue weighted by Crippen LogP contribution is -2.51. The molecule has 1 rings (SSSR count). The predicted molar refractivity (Wildman–Crippen MR) is 69.8 cm³/mol. The third-order valence-corrected chi connectivity index (χ3v) is 3.30. The van der Waals surface area contributed by atoms with Gasteiger partial charge in [0.25, 0.3) is 0 Å². The van der Waals surface area contributed by atoms with Crippen molar-refractivity contribution in [2.24, 2.45) is 5.41 Å². The van der Waals surface area contributed by atoms with Crippen LogP contribution in [-0.2, 0) is 4.74 Å². The first-order valence-electron chi connectivity index (χ1n) is 6.55. The van der Waals surface area contributed by atoms with E-state index in [9.17, 15) is 0 Å². The minimum absolute atomic E-state index is 0.282. The van der Waals surface area contributed by atoms with E-state index in [2.05, 4.69) is 46.4 Å². The fourth-order valence-electron chi connectivity index (χ4n) is 2.10. The first-order chi connectivity index (χ1) is 7.18. The van der Waals surface area contributed by atoms with Gasteiger partial charge in [-0.1, -0.05) is 20.8 Å². The Kier molecular flexibility index (Phi) is 4.42. The Morgan fingerprint density at radius 3 is 2.25 bits per heavy atom. The predicted octanol–water partition coefficient (Wildman–Crippen LogP) is 3.31. The molecule has 0 unspecified atom stereocenters. The lowest BCUT2D eigenvalue weighted by Gasteiger charge is -2.42. The molecule has 2 nitrogen and oxygen atoms in total. The van der Waals surface area contributed by atoms with Crippen LogP contribution in [0.1, 0.15) is 54.4 Å². The Morgan fingerprint density at radius 2 is 1.75 bits per heavy atom. The van der Waals surface area contributed by atoms with Crippen molar-refractivity contribution in [2.75, 3.05) is 19.7 Å². The number of hydrogen-bond acceptors (Lipinski definition) is 2. The molecule has 16 heavy (non-hydrogen) atoms. The molecule has 0 aromatic rings. The van der Waals surface area contributed by atoms with Crippen molar-refractivity contribution in [1.29, 1.82) is 0 Å². The van der Waals surface area contributed by atoms with Gasteiger partial charge < -0.3 is 4.74 Å². The average molecular weight is 227 g/mol. The first-order valence-corrected chi connectivity index (χ1v) is 6.55. The maximum absolute atomic E-state index is 5.86. The molecule has 0 saturated carbocycles. The normalized spacial score (nSPS) is 24.8. The maximum Gasteiger partial charge on any atom is 0.0703 e. The second-order valence-electron chi connectivity index (χ2n) is 7.21. The van der Waals surface area contributed by atoms with Gasteiger partial charge in [0.1, 0.15) is 0 Å². The number of morpholine rings is 1. The molecule has 1 aliphatic heterocycles. The van der Waals surface area contributed by atoms with Crippen molar-refractivity contribution in [1.82, 2.24) is 4.90 Å². The monoisotopic (exact) mass is 227 g/mol. The molecule has 0 aromatic carbocycles. The highest BCUT2D eigenvalue weighted by molar-refractivity contribution is 4.82. The van der Waals surface area contributed by atoms with Gasteiger partial charge in [-0.2, -0.15) is 0 Å². The fraction of sp³-hybridized carbons (Fsp3) is 1.00. The molecule has 0 aromatic heterocycles. The zero-order valence-electron chi connectivity index (χ0n) is 12.0. The van der Waals surface area contributed by atoms with Crippen LogP contribution < -0.4 is 0 Å². The standard InChI is InChI=1S/C14H29NO/c1-13(2,3)8-7-12-11-15(9-10-16-12)14(4,5)6/h12H,7-11H2,1-6H3/t12-/m1/s1. The van der Waals surface area contributed by atoms with Gasteiger partial charge in [0.05, 0.1) is 12.7 Å². The van der Waals surface area contributed by atoms with E-state index in [0.717, 1.165) is 19.7 Å². The molecule has 1 atom stereocenters. The van der Waals surface area contributed by atoms with E-state index in [0.29, 0.717) is 11.5 Å². The molecule has 0 spiro atoms. The van der Waals surface area contributed by atoms with Gasteiger partial charge in [-0.05, 0) is 39.0 Å². The van der Waals surface area contributed by atoms with Crippen LogP contribution in [-0.4, -0.2) is 36.2 Å². The van der Waals surface area contributed by atoms with Crippen molar-refractivity contribution in [3.8, 4) is 0 Å². The van der Waals surface area contributed by atoms with Crippen LogP contribution >= 0.6 is 0 Å². The molecule has 0 bridgehead atoms. The maximum atomic E-state index is 5.86. The summed E-state index contributed by atoms with van der Waals surface area (Å²) in [6.45, 7) is 16.9. The summed E-state index contributed by atoms with van der Waals surface area (Å²) in [4.78, 5) is 2.55. The summed E-state index contributed by atoms with van der Waals surface area (Å²) in [7, 11) is 0. The lowest BCUT2D eigenvalue weighted by molar-refractivity contribution is -0.0638. The van der Waals surface area contributed by atoms with Gasteiger partial charge in [-0.3, -0.25) is 4.90 Å². The molecule has 0 amide bonds. The van der Waals surface area contributed by atoms with Crippen molar-refractivity contribution in [3.63, 3.8) is 0 Å². The molecule has 1 aliphatic rings. The molecular weight excluding hydrogens is 198 g/mol. The third kappa shape index (κ3) is 4.84. The lowest BCUT2D eigenvalue weighted by atomic mass is 9.89. The van der Waals surface area contributed by atoms with Crippen molar-refractivity contribution < 1.29 is 4.74 Å². The van der Waals surface area contributed by atoms with Gasteiger partial charge in [0.15, 0.2) is 0 Å². The van der Waals surface area contributed by atoms with E-state index in [1.807, 2.05) is 0 Å². The Balaban J connectivity index is 2.39. The summed E-state index contributed by atoms with van der Waals surface area (Å²) in [5.74, 6) is 0. The van der Waals surface area contributed by atoms with E-state index in [4.69, 9.17) is 4.74 Å². The van der Waals surface area contributed by atoms with Crippen LogP contribution in [0.4, 0.5) is 0 Å². The highest BCUT2D eigenvalue weighted by Crippen LogP contribution is 2.25. The summed E-state index contributed by atoms with van der Waals surface area (Å²) >= 11 is 0. The third-order valence-electron chi connectivity index (χ3n) is 3.30. The van der Waals surface area contributed by atoms with Gasteiger partial charge in [-0.15, -0.1) is 0 Å². The van der Waals surface area contributed by atoms with Gasteiger partial charge in [0, 0.05) is 18.6 Å². The SMILES string of the molecule is CC(C)(C)CC[C@@H]1CN(C(C)(C)C)CCO1. The van der Waals surface area contributed by atoms with Crippen molar-refractivity contribution in [3.05, 3.63) is 0 Å². The number of nitrogens with zero attached hydrogens (tertiary/aromatic N) is 1. The highest BCUT2D eigenvalue weighted by Gasteiger charge is 2.28. The molecule has 96 valence electrons. The van der Waals surface area contributed by atoms with Crippen molar-refractivity contribution >= 4 is 0 Å². The second-order valence-corrected chi connectivity index (χ2v) is 7.21. The first kappa shape index (κ1) is 14.0. The largest absolute Gasteiger partial charge is 0.376 e. The van der Waals surface area contributed by atoms with Crippen LogP contribution in [0.5, 0.6) is 0 Å². The van der Waals surface area contributed by atoms with Gasteiger partial charge in [0.2, 0.25) is 0 Å². The minimum Gasteiger partial charge on any atom is -0.376 e. The Bertz CT molecular complexity index is 212. The summed E-state index contributed by atoms with van der Waals surface area (Å²) in [6.07, 6.45) is 2.87. The van der Waals surface area contributed by atoms with E-state index < -0.39 is 0 Å². The van der Waals surface area contributed by atoms with E-state index in [-0.39, 0.29) is 5.54 Å². The smallest absolute Gasteiger partial charge is 0.0703 e. The summed E-state index contributed by atoms with van der Waals surface area (Å²) in [5.41, 5.74) is 0.705. The van der Waals surface area contributed by atoms with Gasteiger partial charge >= 0.3 is 0 Å². The number of hydrogen-bond donors (Lipinski definition) is 0. The summed E-state index contributed by atoms with van der Waals surface area (Å²) in [5, 5.41) is 0. The fourth-order valence-corrected chi connectivity index (χ4v) is 2.10. The molecule has 0 radical (unpaired) electrons. The van der Waals surface area contributed by atoms with Crippen LogP contribution in [0.25, 0.3) is 0 Å². The second kappa shape index (κ2) is 5.05. The minimum atomic E-state index is 0.282. The molecule has 1 saturated heterocycles. The molecule has 0 aliphatic carbocycles. The molecule has 1 heterocycles. The van der Waals surface area contributed by atoms with E-state index in [1.165, 1.54) is 12.8 Å². The Hall–Kier alpha value is -0.0800. The van der Waals surface area contributed by atoms with E-state index in [1.54, 1.807) is 0 Å². The zero-order valence-corrected chi connectivity index (χ0v) is 12.0. The Morgan fingerprint density at radius 1 is 1.12 bits per heavy atom. The number of rotatable bonds is 2. The van der Waals surface area contributed by atoms with Crippen LogP contribution in [0.2, 0.25) is 0 Å². The van der Waals surface area contributed by atoms with Gasteiger partial charge in [-0.25, -0.2) is 0 Å². The molecular formula is C14H29NO. The zero-order chi connectivity index (χ0) is 12.4.